The van der Waals surface area contributed by atoms with Gasteiger partial charge in [0.25, 0.3) is 5.91 Å². The molecule has 1 aromatic heterocycles. The van der Waals surface area contributed by atoms with Gasteiger partial charge in [-0.05, 0) is 38.8 Å². The molecule has 19 heavy (non-hydrogen) atoms. The summed E-state index contributed by atoms with van der Waals surface area (Å²) in [6, 6.07) is 3.10. The van der Waals surface area contributed by atoms with E-state index in [2.05, 4.69) is 10.3 Å². The minimum atomic E-state index is -0.237. The molecule has 6 heteroatoms. The first-order valence-electron chi connectivity index (χ1n) is 6.22. The molecule has 1 amide bonds. The minimum Gasteiger partial charge on any atom is -0.379 e. The number of carbonyl (C=O) groups excluding carboxylic acids is 1. The van der Waals surface area contributed by atoms with Crippen molar-refractivity contribution < 1.29 is 9.53 Å². The van der Waals surface area contributed by atoms with Crippen molar-refractivity contribution >= 4 is 29.1 Å². The lowest BCUT2D eigenvalue weighted by Gasteiger charge is -2.08. The number of carbonyl (C=O) groups is 1. The van der Waals surface area contributed by atoms with Crippen molar-refractivity contribution in [2.45, 2.75) is 32.8 Å². The van der Waals surface area contributed by atoms with E-state index in [9.17, 15) is 4.79 Å². The first-order chi connectivity index (χ1) is 9.00. The molecule has 1 aromatic rings. The summed E-state index contributed by atoms with van der Waals surface area (Å²) in [4.78, 5) is 15.6. The lowest BCUT2D eigenvalue weighted by molar-refractivity contribution is 0.0754. The van der Waals surface area contributed by atoms with E-state index in [4.69, 9.17) is 27.9 Å². The third-order valence-corrected chi connectivity index (χ3v) is 2.87. The fraction of sp³-hybridized carbons (Fsp3) is 0.538. The Kier molecular flexibility index (Phi) is 7.13. The Morgan fingerprint density at radius 3 is 2.74 bits per heavy atom. The lowest BCUT2D eigenvalue weighted by Crippen LogP contribution is -2.25. The predicted octanol–water partition coefficient (Wildman–Crippen LogP) is 3.32. The second-order valence-corrected chi connectivity index (χ2v) is 5.10. The lowest BCUT2D eigenvalue weighted by atomic mass is 10.2. The summed E-state index contributed by atoms with van der Waals surface area (Å²) in [6.07, 6.45) is 2.01. The number of rotatable bonds is 7. The van der Waals surface area contributed by atoms with Crippen molar-refractivity contribution in [2.24, 2.45) is 0 Å². The zero-order chi connectivity index (χ0) is 14.3. The smallest absolute Gasteiger partial charge is 0.254 e. The van der Waals surface area contributed by atoms with Gasteiger partial charge >= 0.3 is 0 Å². The summed E-state index contributed by atoms with van der Waals surface area (Å²) in [7, 11) is 0. The van der Waals surface area contributed by atoms with Crippen molar-refractivity contribution in [1.29, 1.82) is 0 Å². The van der Waals surface area contributed by atoms with Gasteiger partial charge in [-0.15, -0.1) is 0 Å². The monoisotopic (exact) mass is 304 g/mol. The Morgan fingerprint density at radius 1 is 1.37 bits per heavy atom. The summed E-state index contributed by atoms with van der Waals surface area (Å²) < 4.78 is 5.41. The Labute approximate surface area is 123 Å². The third kappa shape index (κ3) is 6.23. The van der Waals surface area contributed by atoms with E-state index in [-0.39, 0.29) is 22.3 Å². The number of nitrogens with one attached hydrogen (secondary N) is 1. The number of unbranched alkanes of at least 4 members (excludes halogenated alkanes) is 1. The van der Waals surface area contributed by atoms with Crippen LogP contribution in [0.1, 0.15) is 37.0 Å². The fourth-order valence-corrected chi connectivity index (χ4v) is 1.86. The number of aromatic nitrogens is 1. The SMILES string of the molecule is CC(C)OCCCCNC(=O)c1ccc(Cl)nc1Cl. The number of halogens is 2. The minimum absolute atomic E-state index is 0.119. The highest BCUT2D eigenvalue weighted by Gasteiger charge is 2.10. The van der Waals surface area contributed by atoms with Crippen LogP contribution < -0.4 is 5.32 Å². The van der Waals surface area contributed by atoms with Crippen LogP contribution in [0.3, 0.4) is 0 Å². The molecule has 0 radical (unpaired) electrons. The van der Waals surface area contributed by atoms with Gasteiger partial charge in [0.1, 0.15) is 10.3 Å². The molecule has 1 heterocycles. The van der Waals surface area contributed by atoms with E-state index in [1.54, 1.807) is 12.1 Å². The predicted molar refractivity (Wildman–Crippen MR) is 76.9 cm³/mol. The highest BCUT2D eigenvalue weighted by atomic mass is 35.5. The van der Waals surface area contributed by atoms with Crippen LogP contribution in [-0.2, 0) is 4.74 Å². The van der Waals surface area contributed by atoms with Gasteiger partial charge in [-0.2, -0.15) is 0 Å². The molecule has 0 saturated carbocycles. The molecule has 0 aliphatic rings. The largest absolute Gasteiger partial charge is 0.379 e. The van der Waals surface area contributed by atoms with Gasteiger partial charge in [0, 0.05) is 13.2 Å². The maximum atomic E-state index is 11.8. The average Bonchev–Trinajstić information content (AvgIpc) is 2.32. The molecule has 0 fully saturated rings. The van der Waals surface area contributed by atoms with Gasteiger partial charge < -0.3 is 10.1 Å². The summed E-state index contributed by atoms with van der Waals surface area (Å²) in [5, 5.41) is 3.17. The van der Waals surface area contributed by atoms with E-state index in [0.717, 1.165) is 12.8 Å². The van der Waals surface area contributed by atoms with Crippen molar-refractivity contribution in [1.82, 2.24) is 10.3 Å². The van der Waals surface area contributed by atoms with Crippen molar-refractivity contribution in [3.05, 3.63) is 28.0 Å². The molecule has 1 N–H and O–H groups in total. The van der Waals surface area contributed by atoms with Gasteiger partial charge in [0.2, 0.25) is 0 Å². The van der Waals surface area contributed by atoms with E-state index < -0.39 is 0 Å². The molecule has 0 unspecified atom stereocenters. The van der Waals surface area contributed by atoms with E-state index in [1.165, 1.54) is 0 Å². The van der Waals surface area contributed by atoms with Crippen LogP contribution in [0.5, 0.6) is 0 Å². The van der Waals surface area contributed by atoms with Crippen LogP contribution in [0.4, 0.5) is 0 Å². The quantitative estimate of drug-likeness (QED) is 0.621. The molecular formula is C13H18Cl2N2O2. The summed E-state index contributed by atoms with van der Waals surface area (Å²) in [5.74, 6) is -0.237. The first-order valence-corrected chi connectivity index (χ1v) is 6.98. The Bertz CT molecular complexity index is 425. The topological polar surface area (TPSA) is 51.2 Å². The molecule has 106 valence electrons. The molecule has 4 nitrogen and oxygen atoms in total. The number of pyridine rings is 1. The highest BCUT2D eigenvalue weighted by Crippen LogP contribution is 2.16. The standard InChI is InChI=1S/C13H18Cl2N2O2/c1-9(2)19-8-4-3-7-16-13(18)10-5-6-11(14)17-12(10)15/h5-6,9H,3-4,7-8H2,1-2H3,(H,16,18). The zero-order valence-corrected chi connectivity index (χ0v) is 12.6. The second-order valence-electron chi connectivity index (χ2n) is 4.35. The molecule has 0 bridgehead atoms. The molecule has 0 aliphatic heterocycles. The summed E-state index contributed by atoms with van der Waals surface area (Å²) in [5.41, 5.74) is 0.337. The number of hydrogen-bond donors (Lipinski definition) is 1. The van der Waals surface area contributed by atoms with Crippen LogP contribution >= 0.6 is 23.2 Å². The second kappa shape index (κ2) is 8.35. The normalized spacial score (nSPS) is 10.8. The maximum absolute atomic E-state index is 11.8. The Hall–Kier alpha value is -0.840. The van der Waals surface area contributed by atoms with Crippen LogP contribution in [0, 0.1) is 0 Å². The molecule has 0 aliphatic carbocycles. The molecule has 0 aromatic carbocycles. The van der Waals surface area contributed by atoms with Crippen LogP contribution in [0.2, 0.25) is 10.3 Å². The van der Waals surface area contributed by atoms with Crippen molar-refractivity contribution in [3.63, 3.8) is 0 Å². The number of hydrogen-bond acceptors (Lipinski definition) is 3. The molecule has 0 atom stereocenters. The zero-order valence-electron chi connectivity index (χ0n) is 11.1. The fourth-order valence-electron chi connectivity index (χ4n) is 1.42. The van der Waals surface area contributed by atoms with Crippen molar-refractivity contribution in [3.8, 4) is 0 Å². The van der Waals surface area contributed by atoms with Gasteiger partial charge in [0.05, 0.1) is 11.7 Å². The summed E-state index contributed by atoms with van der Waals surface area (Å²) >= 11 is 11.5. The van der Waals surface area contributed by atoms with Gasteiger partial charge in [-0.25, -0.2) is 4.98 Å². The van der Waals surface area contributed by atoms with Crippen LogP contribution in [0.25, 0.3) is 0 Å². The number of ether oxygens (including phenoxy) is 1. The summed E-state index contributed by atoms with van der Waals surface area (Å²) in [6.45, 7) is 5.28. The van der Waals surface area contributed by atoms with Crippen molar-refractivity contribution in [2.75, 3.05) is 13.2 Å². The molecule has 0 saturated heterocycles. The van der Waals surface area contributed by atoms with Crippen LogP contribution in [-0.4, -0.2) is 30.1 Å². The molecule has 0 spiro atoms. The van der Waals surface area contributed by atoms with E-state index in [0.29, 0.717) is 18.7 Å². The number of nitrogens with zero attached hydrogens (tertiary/aromatic N) is 1. The van der Waals surface area contributed by atoms with E-state index in [1.807, 2.05) is 13.8 Å². The average molecular weight is 305 g/mol. The van der Waals surface area contributed by atoms with Crippen LogP contribution in [0.15, 0.2) is 12.1 Å². The Balaban J connectivity index is 2.28. The van der Waals surface area contributed by atoms with Gasteiger partial charge in [-0.3, -0.25) is 4.79 Å². The molecule has 1 rings (SSSR count). The molecular weight excluding hydrogens is 287 g/mol. The number of amides is 1. The van der Waals surface area contributed by atoms with Gasteiger partial charge in [-0.1, -0.05) is 23.2 Å². The maximum Gasteiger partial charge on any atom is 0.254 e. The highest BCUT2D eigenvalue weighted by molar-refractivity contribution is 6.34. The Morgan fingerprint density at radius 2 is 2.11 bits per heavy atom. The van der Waals surface area contributed by atoms with Gasteiger partial charge in [0.15, 0.2) is 0 Å². The first kappa shape index (κ1) is 16.2. The third-order valence-electron chi connectivity index (χ3n) is 2.37. The van der Waals surface area contributed by atoms with E-state index >= 15 is 0 Å².